The van der Waals surface area contributed by atoms with E-state index in [2.05, 4.69) is 20.4 Å². The van der Waals surface area contributed by atoms with Crippen molar-refractivity contribution in [1.82, 2.24) is 10.6 Å². The monoisotopic (exact) mass is 339 g/mol. The predicted octanol–water partition coefficient (Wildman–Crippen LogP) is 2.78. The maximum absolute atomic E-state index is 11.0. The number of carbonyl (C=O) groups excluding carboxylic acids is 1. The molecule has 1 rings (SSSR count). The van der Waals surface area contributed by atoms with Crippen molar-refractivity contribution in [3.63, 3.8) is 0 Å². The summed E-state index contributed by atoms with van der Waals surface area (Å²) in [6, 6.07) is 7.85. The molecule has 0 bridgehead atoms. The number of ether oxygens (including phenoxy) is 1. The minimum atomic E-state index is -0.168. The minimum absolute atomic E-state index is 0.168. The lowest BCUT2D eigenvalue weighted by Crippen LogP contribution is -2.38. The molecule has 2 N–H and O–H groups in total. The number of guanidine groups is 1. The fourth-order valence-electron chi connectivity index (χ4n) is 2.03. The van der Waals surface area contributed by atoms with Crippen LogP contribution in [0.15, 0.2) is 29.3 Å². The van der Waals surface area contributed by atoms with Crippen LogP contribution >= 0.6 is 11.6 Å². The van der Waals surface area contributed by atoms with Gasteiger partial charge in [0.1, 0.15) is 0 Å². The van der Waals surface area contributed by atoms with Gasteiger partial charge < -0.3 is 15.4 Å². The molecule has 1 aromatic rings. The summed E-state index contributed by atoms with van der Waals surface area (Å²) < 4.78 is 4.61. The molecule has 0 spiro atoms. The van der Waals surface area contributed by atoms with Crippen LogP contribution in [0.3, 0.4) is 0 Å². The van der Waals surface area contributed by atoms with Crippen molar-refractivity contribution in [2.24, 2.45) is 4.99 Å². The van der Waals surface area contributed by atoms with E-state index in [-0.39, 0.29) is 5.97 Å². The number of carbonyl (C=O) groups is 1. The van der Waals surface area contributed by atoms with Crippen LogP contribution in [0.2, 0.25) is 5.02 Å². The first-order valence-electron chi connectivity index (χ1n) is 7.99. The second-order valence-electron chi connectivity index (χ2n) is 5.06. The number of nitrogens with zero attached hydrogens (tertiary/aromatic N) is 1. The Labute approximate surface area is 143 Å². The van der Waals surface area contributed by atoms with Crippen LogP contribution in [-0.4, -0.2) is 38.7 Å². The number of halogens is 1. The molecular formula is C17H26ClN3O2. The second kappa shape index (κ2) is 11.8. The second-order valence-corrected chi connectivity index (χ2v) is 5.47. The number of methoxy groups -OCH3 is 1. The Kier molecular flexibility index (Phi) is 9.87. The number of nitrogens with one attached hydrogen (secondary N) is 2. The van der Waals surface area contributed by atoms with E-state index < -0.39 is 0 Å². The van der Waals surface area contributed by atoms with Gasteiger partial charge in [0.05, 0.1) is 7.11 Å². The lowest BCUT2D eigenvalue weighted by Gasteiger charge is -2.11. The summed E-state index contributed by atoms with van der Waals surface area (Å²) in [5.74, 6) is 0.622. The maximum Gasteiger partial charge on any atom is 0.305 e. The molecule has 0 amide bonds. The molecule has 0 aliphatic rings. The lowest BCUT2D eigenvalue weighted by molar-refractivity contribution is -0.140. The van der Waals surface area contributed by atoms with Crippen LogP contribution in [0.4, 0.5) is 0 Å². The zero-order valence-electron chi connectivity index (χ0n) is 13.9. The molecule has 0 aromatic heterocycles. The van der Waals surface area contributed by atoms with Gasteiger partial charge in [-0.1, -0.05) is 29.8 Å². The van der Waals surface area contributed by atoms with Gasteiger partial charge >= 0.3 is 5.97 Å². The zero-order chi connectivity index (χ0) is 16.9. The van der Waals surface area contributed by atoms with E-state index in [0.717, 1.165) is 48.9 Å². The predicted molar refractivity (Wildman–Crippen MR) is 95.0 cm³/mol. The molecule has 6 heteroatoms. The molecule has 0 unspecified atom stereocenters. The van der Waals surface area contributed by atoms with Gasteiger partial charge in [0.15, 0.2) is 5.96 Å². The van der Waals surface area contributed by atoms with Crippen molar-refractivity contribution < 1.29 is 9.53 Å². The van der Waals surface area contributed by atoms with E-state index in [9.17, 15) is 4.79 Å². The number of benzene rings is 1. The largest absolute Gasteiger partial charge is 0.469 e. The van der Waals surface area contributed by atoms with E-state index in [1.165, 1.54) is 7.11 Å². The van der Waals surface area contributed by atoms with Gasteiger partial charge in [0.2, 0.25) is 0 Å². The van der Waals surface area contributed by atoms with Crippen molar-refractivity contribution in [3.05, 3.63) is 34.9 Å². The Bertz CT molecular complexity index is 506. The van der Waals surface area contributed by atoms with E-state index in [1.54, 1.807) is 0 Å². The first-order valence-corrected chi connectivity index (χ1v) is 8.37. The number of hydrogen-bond acceptors (Lipinski definition) is 3. The number of hydrogen-bond donors (Lipinski definition) is 2. The molecule has 0 radical (unpaired) electrons. The van der Waals surface area contributed by atoms with Crippen LogP contribution < -0.4 is 10.6 Å². The topological polar surface area (TPSA) is 62.7 Å². The van der Waals surface area contributed by atoms with Gasteiger partial charge in [-0.25, -0.2) is 0 Å². The molecule has 1 aromatic carbocycles. The first-order chi connectivity index (χ1) is 11.2. The highest BCUT2D eigenvalue weighted by Crippen LogP contribution is 2.14. The first kappa shape index (κ1) is 19.3. The normalized spacial score (nSPS) is 11.2. The number of unbranched alkanes of at least 4 members (excludes halogenated alkanes) is 1. The van der Waals surface area contributed by atoms with Crippen LogP contribution in [0.25, 0.3) is 0 Å². The zero-order valence-corrected chi connectivity index (χ0v) is 14.7. The third kappa shape index (κ3) is 8.45. The van der Waals surface area contributed by atoms with E-state index in [4.69, 9.17) is 11.6 Å². The summed E-state index contributed by atoms with van der Waals surface area (Å²) in [5.41, 5.74) is 1.12. The van der Waals surface area contributed by atoms with Gasteiger partial charge in [-0.2, -0.15) is 0 Å². The third-order valence-electron chi connectivity index (χ3n) is 3.28. The average Bonchev–Trinajstić information content (AvgIpc) is 2.56. The van der Waals surface area contributed by atoms with Crippen molar-refractivity contribution in [3.8, 4) is 0 Å². The lowest BCUT2D eigenvalue weighted by atomic mass is 10.1. The van der Waals surface area contributed by atoms with E-state index >= 15 is 0 Å². The summed E-state index contributed by atoms with van der Waals surface area (Å²) in [7, 11) is 1.41. The Morgan fingerprint density at radius 2 is 2.04 bits per heavy atom. The summed E-state index contributed by atoms with van der Waals surface area (Å²) >= 11 is 6.15. The van der Waals surface area contributed by atoms with Crippen LogP contribution in [0, 0.1) is 0 Å². The fraction of sp³-hybridized carbons (Fsp3) is 0.529. The Hall–Kier alpha value is -1.75. The maximum atomic E-state index is 11.0. The summed E-state index contributed by atoms with van der Waals surface area (Å²) in [5, 5.41) is 7.30. The van der Waals surface area contributed by atoms with Crippen molar-refractivity contribution in [1.29, 1.82) is 0 Å². The number of aliphatic imine (C=N–C) groups is 1. The molecule has 0 fully saturated rings. The molecule has 0 atom stereocenters. The molecule has 0 saturated heterocycles. The van der Waals surface area contributed by atoms with E-state index in [0.29, 0.717) is 13.0 Å². The summed E-state index contributed by atoms with van der Waals surface area (Å²) in [4.78, 5) is 15.5. The molecule has 0 aliphatic heterocycles. The molecule has 0 saturated carbocycles. The highest BCUT2D eigenvalue weighted by atomic mass is 35.5. The Morgan fingerprint density at radius 1 is 1.26 bits per heavy atom. The molecule has 128 valence electrons. The number of rotatable bonds is 9. The van der Waals surface area contributed by atoms with Gasteiger partial charge in [-0.05, 0) is 37.8 Å². The van der Waals surface area contributed by atoms with Gasteiger partial charge in [-0.3, -0.25) is 9.79 Å². The van der Waals surface area contributed by atoms with Crippen molar-refractivity contribution >= 4 is 23.5 Å². The molecule has 0 heterocycles. The fourth-order valence-corrected chi connectivity index (χ4v) is 2.26. The summed E-state index contributed by atoms with van der Waals surface area (Å²) in [6.45, 7) is 4.28. The Morgan fingerprint density at radius 3 is 2.74 bits per heavy atom. The van der Waals surface area contributed by atoms with Crippen LogP contribution in [0.5, 0.6) is 0 Å². The van der Waals surface area contributed by atoms with Crippen molar-refractivity contribution in [2.45, 2.75) is 32.6 Å². The molecule has 0 aliphatic carbocycles. The quantitative estimate of drug-likeness (QED) is 0.314. The average molecular weight is 340 g/mol. The molecule has 23 heavy (non-hydrogen) atoms. The van der Waals surface area contributed by atoms with Crippen LogP contribution in [0.1, 0.15) is 31.7 Å². The number of esters is 1. The highest BCUT2D eigenvalue weighted by molar-refractivity contribution is 6.31. The smallest absolute Gasteiger partial charge is 0.305 e. The van der Waals surface area contributed by atoms with Crippen molar-refractivity contribution in [2.75, 3.05) is 26.7 Å². The Balaban J connectivity index is 2.32. The van der Waals surface area contributed by atoms with Crippen LogP contribution in [-0.2, 0) is 16.0 Å². The highest BCUT2D eigenvalue weighted by Gasteiger charge is 2.02. The standard InChI is InChI=1S/C17H26ClN3O2/c1-3-19-17(20-12-7-6-10-16(22)23-2)21-13-11-14-8-4-5-9-15(14)18/h4-5,8-9H,3,6-7,10-13H2,1-2H3,(H2,19,20,21). The SMILES string of the molecule is CCNC(=NCCCCC(=O)OC)NCCc1ccccc1Cl. The van der Waals surface area contributed by atoms with Gasteiger partial charge in [0, 0.05) is 31.1 Å². The van der Waals surface area contributed by atoms with Gasteiger partial charge in [-0.15, -0.1) is 0 Å². The van der Waals surface area contributed by atoms with Gasteiger partial charge in [0.25, 0.3) is 0 Å². The third-order valence-corrected chi connectivity index (χ3v) is 3.64. The molecular weight excluding hydrogens is 314 g/mol. The molecule has 5 nitrogen and oxygen atoms in total. The van der Waals surface area contributed by atoms with E-state index in [1.807, 2.05) is 31.2 Å². The summed E-state index contributed by atoms with van der Waals surface area (Å²) in [6.07, 6.45) is 2.93. The minimum Gasteiger partial charge on any atom is -0.469 e.